The van der Waals surface area contributed by atoms with Crippen LogP contribution >= 0.6 is 34.8 Å². The smallest absolute Gasteiger partial charge is 0.197 e. The molecule has 0 aliphatic carbocycles. The number of nitrogens with zero attached hydrogens (tertiary/aromatic N) is 2. The molecule has 2 rings (SSSR count). The summed E-state index contributed by atoms with van der Waals surface area (Å²) in [5, 5.41) is -0.203. The molecule has 16 heavy (non-hydrogen) atoms. The zero-order valence-corrected chi connectivity index (χ0v) is 9.98. The molecule has 0 atom stereocenters. The number of aromatic nitrogens is 2. The monoisotopic (exact) mass is 276 g/mol. The van der Waals surface area contributed by atoms with Crippen molar-refractivity contribution in [3.63, 3.8) is 0 Å². The second kappa shape index (κ2) is 4.53. The number of hydrogen-bond donors (Lipinski definition) is 0. The number of rotatable bonds is 1. The summed E-state index contributed by atoms with van der Waals surface area (Å²) in [5.41, 5.74) is 0.549. The van der Waals surface area contributed by atoms with Crippen LogP contribution in [0, 0.1) is 5.82 Å². The topological polar surface area (TPSA) is 25.8 Å². The molecule has 1 aromatic heterocycles. The Morgan fingerprint density at radius 3 is 2.06 bits per heavy atom. The van der Waals surface area contributed by atoms with Crippen molar-refractivity contribution >= 4 is 34.8 Å². The Morgan fingerprint density at radius 2 is 1.50 bits per heavy atom. The second-order valence-corrected chi connectivity index (χ2v) is 4.05. The van der Waals surface area contributed by atoms with Crippen LogP contribution in [0.15, 0.2) is 24.3 Å². The zero-order chi connectivity index (χ0) is 11.7. The first-order valence-corrected chi connectivity index (χ1v) is 5.36. The summed E-state index contributed by atoms with van der Waals surface area (Å²) in [6, 6.07) is 6.89. The van der Waals surface area contributed by atoms with E-state index in [1.165, 1.54) is 0 Å². The number of benzene rings is 1. The first-order valence-electron chi connectivity index (χ1n) is 4.23. The summed E-state index contributed by atoms with van der Waals surface area (Å²) >= 11 is 17.1. The van der Waals surface area contributed by atoms with Gasteiger partial charge in [-0.3, -0.25) is 0 Å². The minimum atomic E-state index is -0.834. The molecule has 0 saturated carbocycles. The Balaban J connectivity index is 2.62. The molecule has 0 bridgehead atoms. The van der Waals surface area contributed by atoms with Crippen molar-refractivity contribution in [2.45, 2.75) is 0 Å². The molecule has 0 fully saturated rings. The highest BCUT2D eigenvalue weighted by molar-refractivity contribution is 6.34. The molecule has 0 N–H and O–H groups in total. The van der Waals surface area contributed by atoms with Gasteiger partial charge in [-0.25, -0.2) is 14.4 Å². The van der Waals surface area contributed by atoms with Crippen molar-refractivity contribution < 1.29 is 4.39 Å². The van der Waals surface area contributed by atoms with E-state index >= 15 is 0 Å². The molecule has 6 heteroatoms. The van der Waals surface area contributed by atoms with Crippen LogP contribution in [0.5, 0.6) is 0 Å². The van der Waals surface area contributed by atoms with Crippen molar-refractivity contribution in [1.82, 2.24) is 9.97 Å². The standard InChI is InChI=1S/C10H4Cl3FN2/c11-6-4-2-1-3-5(6)10-15-8(12)7(14)9(13)16-10/h1-4H. The predicted molar refractivity (Wildman–Crippen MR) is 62.5 cm³/mol. The van der Waals surface area contributed by atoms with Crippen molar-refractivity contribution in [3.8, 4) is 11.4 Å². The molecule has 2 aromatic rings. The molecule has 0 unspecified atom stereocenters. The van der Waals surface area contributed by atoms with Gasteiger partial charge in [0.25, 0.3) is 0 Å². The summed E-state index contributed by atoms with van der Waals surface area (Å²) in [5.74, 6) is -0.638. The lowest BCUT2D eigenvalue weighted by Gasteiger charge is -2.04. The molecule has 0 aliphatic rings. The maximum absolute atomic E-state index is 13.1. The minimum absolute atomic E-state index is 0.196. The average molecular weight is 278 g/mol. The normalized spacial score (nSPS) is 10.5. The third-order valence-electron chi connectivity index (χ3n) is 1.89. The summed E-state index contributed by atoms with van der Waals surface area (Å²) in [7, 11) is 0. The minimum Gasteiger partial charge on any atom is -0.213 e. The molecule has 0 spiro atoms. The second-order valence-electron chi connectivity index (χ2n) is 2.92. The van der Waals surface area contributed by atoms with Gasteiger partial charge < -0.3 is 0 Å². The van der Waals surface area contributed by atoms with Crippen LogP contribution in [-0.2, 0) is 0 Å². The first kappa shape index (κ1) is 11.6. The van der Waals surface area contributed by atoms with Crippen LogP contribution in [0.4, 0.5) is 4.39 Å². The molecular weight excluding hydrogens is 273 g/mol. The van der Waals surface area contributed by atoms with Crippen molar-refractivity contribution in [2.24, 2.45) is 0 Å². The van der Waals surface area contributed by atoms with Crippen LogP contribution in [-0.4, -0.2) is 9.97 Å². The molecular formula is C10H4Cl3FN2. The molecule has 1 heterocycles. The third kappa shape index (κ3) is 2.12. The molecule has 0 amide bonds. The van der Waals surface area contributed by atoms with Crippen molar-refractivity contribution in [1.29, 1.82) is 0 Å². The van der Waals surface area contributed by atoms with Gasteiger partial charge in [0.15, 0.2) is 21.9 Å². The Hall–Kier alpha value is -0.900. The predicted octanol–water partition coefficient (Wildman–Crippen LogP) is 4.24. The van der Waals surface area contributed by atoms with E-state index in [1.54, 1.807) is 24.3 Å². The average Bonchev–Trinajstić information content (AvgIpc) is 2.26. The Morgan fingerprint density at radius 1 is 0.938 bits per heavy atom. The lowest BCUT2D eigenvalue weighted by molar-refractivity contribution is 0.615. The fourth-order valence-electron chi connectivity index (χ4n) is 1.16. The summed E-state index contributed by atoms with van der Waals surface area (Å²) < 4.78 is 13.1. The highest BCUT2D eigenvalue weighted by Crippen LogP contribution is 2.28. The van der Waals surface area contributed by atoms with E-state index in [0.29, 0.717) is 10.6 Å². The van der Waals surface area contributed by atoms with Gasteiger partial charge in [-0.1, -0.05) is 46.9 Å². The fourth-order valence-corrected chi connectivity index (χ4v) is 1.76. The molecule has 0 aliphatic heterocycles. The SMILES string of the molecule is Fc1c(Cl)nc(-c2ccccc2Cl)nc1Cl. The lowest BCUT2D eigenvalue weighted by atomic mass is 10.2. The third-order valence-corrected chi connectivity index (χ3v) is 2.72. The Bertz CT molecular complexity index is 522. The van der Waals surface area contributed by atoms with Gasteiger partial charge in [-0.2, -0.15) is 0 Å². The highest BCUT2D eigenvalue weighted by atomic mass is 35.5. The molecule has 0 radical (unpaired) electrons. The van der Waals surface area contributed by atoms with E-state index in [2.05, 4.69) is 9.97 Å². The summed E-state index contributed by atoms with van der Waals surface area (Å²) in [6.07, 6.45) is 0. The Kier molecular flexibility index (Phi) is 3.28. The van der Waals surface area contributed by atoms with E-state index in [1.807, 2.05) is 0 Å². The summed E-state index contributed by atoms with van der Waals surface area (Å²) in [4.78, 5) is 7.55. The van der Waals surface area contributed by atoms with Crippen LogP contribution in [0.25, 0.3) is 11.4 Å². The van der Waals surface area contributed by atoms with Crippen molar-refractivity contribution in [3.05, 3.63) is 45.4 Å². The van der Waals surface area contributed by atoms with E-state index in [9.17, 15) is 4.39 Å². The number of halogens is 4. The van der Waals surface area contributed by atoms with E-state index < -0.39 is 5.82 Å². The molecule has 1 aromatic carbocycles. The maximum Gasteiger partial charge on any atom is 0.197 e. The van der Waals surface area contributed by atoms with Gasteiger partial charge in [0.1, 0.15) is 0 Å². The van der Waals surface area contributed by atoms with Gasteiger partial charge in [-0.05, 0) is 12.1 Å². The Labute approximate surface area is 106 Å². The molecule has 0 saturated heterocycles. The van der Waals surface area contributed by atoms with Gasteiger partial charge in [0.05, 0.1) is 5.02 Å². The lowest BCUT2D eigenvalue weighted by Crippen LogP contribution is -1.95. The largest absolute Gasteiger partial charge is 0.213 e. The van der Waals surface area contributed by atoms with Crippen LogP contribution in [0.1, 0.15) is 0 Å². The van der Waals surface area contributed by atoms with Gasteiger partial charge in [0, 0.05) is 5.56 Å². The van der Waals surface area contributed by atoms with Gasteiger partial charge in [-0.15, -0.1) is 0 Å². The van der Waals surface area contributed by atoms with Crippen LogP contribution in [0.2, 0.25) is 15.3 Å². The van der Waals surface area contributed by atoms with Crippen molar-refractivity contribution in [2.75, 3.05) is 0 Å². The first-order chi connectivity index (χ1) is 7.59. The fraction of sp³-hybridized carbons (Fsp3) is 0. The molecule has 2 nitrogen and oxygen atoms in total. The highest BCUT2D eigenvalue weighted by Gasteiger charge is 2.13. The van der Waals surface area contributed by atoms with E-state index in [4.69, 9.17) is 34.8 Å². The van der Waals surface area contributed by atoms with Gasteiger partial charge >= 0.3 is 0 Å². The summed E-state index contributed by atoms with van der Waals surface area (Å²) in [6.45, 7) is 0. The number of hydrogen-bond acceptors (Lipinski definition) is 2. The molecule has 82 valence electrons. The van der Waals surface area contributed by atoms with E-state index in [-0.39, 0.29) is 16.1 Å². The zero-order valence-electron chi connectivity index (χ0n) is 7.72. The maximum atomic E-state index is 13.1. The van der Waals surface area contributed by atoms with Crippen LogP contribution in [0.3, 0.4) is 0 Å². The van der Waals surface area contributed by atoms with Crippen LogP contribution < -0.4 is 0 Å². The van der Waals surface area contributed by atoms with Gasteiger partial charge in [0.2, 0.25) is 0 Å². The van der Waals surface area contributed by atoms with E-state index in [0.717, 1.165) is 0 Å². The quantitative estimate of drug-likeness (QED) is 0.729.